The second-order valence-corrected chi connectivity index (χ2v) is 11.5. The lowest BCUT2D eigenvalue weighted by atomic mass is 10.0. The maximum atomic E-state index is 14.2. The summed E-state index contributed by atoms with van der Waals surface area (Å²) in [6, 6.07) is 9.98. The van der Waals surface area contributed by atoms with E-state index in [1.165, 1.54) is 14.9 Å². The third-order valence-corrected chi connectivity index (χ3v) is 7.94. The molecule has 1 aliphatic carbocycles. The van der Waals surface area contributed by atoms with E-state index in [0.717, 1.165) is 24.7 Å². The fourth-order valence-corrected chi connectivity index (χ4v) is 5.40. The van der Waals surface area contributed by atoms with Gasteiger partial charge in [0.05, 0.1) is 40.2 Å². The van der Waals surface area contributed by atoms with Crippen molar-refractivity contribution in [3.63, 3.8) is 0 Å². The SMILES string of the molecule is CNC(=O)c1c(-c2cccnc2)nn2cc(N(Cc3ccc(Br)c(F)c3)S(C)(=O)=O)c(C3CC3)cc12. The fraction of sp³-hybridized carbons (Fsp3) is 0.240. The zero-order valence-corrected chi connectivity index (χ0v) is 22.0. The van der Waals surface area contributed by atoms with Crippen molar-refractivity contribution >= 4 is 43.1 Å². The Morgan fingerprint density at radius 1 is 1.28 bits per heavy atom. The lowest BCUT2D eigenvalue weighted by Crippen LogP contribution is -2.30. The molecular weight excluding hydrogens is 549 g/mol. The molecule has 4 aromatic rings. The molecule has 1 fully saturated rings. The maximum Gasteiger partial charge on any atom is 0.255 e. The van der Waals surface area contributed by atoms with Gasteiger partial charge in [-0.3, -0.25) is 14.1 Å². The lowest BCUT2D eigenvalue weighted by Gasteiger charge is -2.25. The Kier molecular flexibility index (Phi) is 6.29. The number of amides is 1. The largest absolute Gasteiger partial charge is 0.355 e. The molecule has 0 atom stereocenters. The summed E-state index contributed by atoms with van der Waals surface area (Å²) in [5.74, 6) is -0.615. The number of halogens is 2. The molecule has 0 radical (unpaired) electrons. The highest BCUT2D eigenvalue weighted by molar-refractivity contribution is 9.10. The number of carbonyl (C=O) groups is 1. The van der Waals surface area contributed by atoms with Crippen LogP contribution < -0.4 is 9.62 Å². The van der Waals surface area contributed by atoms with Crippen LogP contribution in [0.1, 0.15) is 40.2 Å². The molecule has 3 heterocycles. The smallest absolute Gasteiger partial charge is 0.255 e. The van der Waals surface area contributed by atoms with E-state index in [2.05, 4.69) is 31.3 Å². The van der Waals surface area contributed by atoms with Crippen LogP contribution in [0.4, 0.5) is 10.1 Å². The summed E-state index contributed by atoms with van der Waals surface area (Å²) in [5.41, 5.74) is 3.85. The number of sulfonamides is 1. The molecule has 1 aliphatic rings. The lowest BCUT2D eigenvalue weighted by molar-refractivity contribution is 0.0965. The molecule has 1 saturated carbocycles. The van der Waals surface area contributed by atoms with Gasteiger partial charge in [0.25, 0.3) is 5.91 Å². The van der Waals surface area contributed by atoms with Gasteiger partial charge in [-0.15, -0.1) is 0 Å². The Morgan fingerprint density at radius 3 is 2.67 bits per heavy atom. The highest BCUT2D eigenvalue weighted by Gasteiger charge is 2.33. The van der Waals surface area contributed by atoms with Crippen LogP contribution in [0.3, 0.4) is 0 Å². The number of hydrogen-bond donors (Lipinski definition) is 1. The molecule has 8 nitrogen and oxygen atoms in total. The standard InChI is InChI=1S/C25H23BrFN5O3S/c1-28-25(33)23-21-11-18(16-6-7-16)22(14-31(21)30-24(23)17-4-3-9-29-12-17)32(36(2,34)35)13-15-5-8-19(26)20(27)10-15/h3-5,8-12,14,16H,6-7,13H2,1-2H3,(H,28,33). The molecule has 0 spiro atoms. The summed E-state index contributed by atoms with van der Waals surface area (Å²) in [5, 5.41) is 7.34. The minimum absolute atomic E-state index is 0.0483. The zero-order chi connectivity index (χ0) is 25.6. The zero-order valence-electron chi connectivity index (χ0n) is 19.6. The van der Waals surface area contributed by atoms with Gasteiger partial charge in [-0.25, -0.2) is 17.3 Å². The first-order chi connectivity index (χ1) is 17.2. The van der Waals surface area contributed by atoms with Crippen LogP contribution in [-0.4, -0.2) is 42.2 Å². The summed E-state index contributed by atoms with van der Waals surface area (Å²) in [4.78, 5) is 17.1. The van der Waals surface area contributed by atoms with Gasteiger partial charge in [0.15, 0.2) is 0 Å². The second-order valence-electron chi connectivity index (χ2n) is 8.78. The molecule has 1 N–H and O–H groups in total. The molecule has 0 aliphatic heterocycles. The molecule has 0 saturated heterocycles. The van der Waals surface area contributed by atoms with E-state index in [4.69, 9.17) is 0 Å². The van der Waals surface area contributed by atoms with Gasteiger partial charge in [-0.2, -0.15) is 5.10 Å². The van der Waals surface area contributed by atoms with Gasteiger partial charge >= 0.3 is 0 Å². The van der Waals surface area contributed by atoms with E-state index in [9.17, 15) is 17.6 Å². The topological polar surface area (TPSA) is 96.7 Å². The van der Waals surface area contributed by atoms with Crippen LogP contribution in [0, 0.1) is 5.82 Å². The summed E-state index contributed by atoms with van der Waals surface area (Å²) in [6.07, 6.45) is 7.85. The predicted molar refractivity (Wildman–Crippen MR) is 139 cm³/mol. The maximum absolute atomic E-state index is 14.2. The average molecular weight is 572 g/mol. The summed E-state index contributed by atoms with van der Waals surface area (Å²) >= 11 is 3.14. The van der Waals surface area contributed by atoms with Gasteiger partial charge in [0.1, 0.15) is 11.5 Å². The Balaban J connectivity index is 1.72. The number of aromatic nitrogens is 3. The Morgan fingerprint density at radius 2 is 2.06 bits per heavy atom. The molecule has 0 bridgehead atoms. The number of hydrogen-bond acceptors (Lipinski definition) is 5. The quantitative estimate of drug-likeness (QED) is 0.352. The molecule has 11 heteroatoms. The summed E-state index contributed by atoms with van der Waals surface area (Å²) in [7, 11) is -2.19. The van der Waals surface area contributed by atoms with Crippen LogP contribution in [0.2, 0.25) is 0 Å². The van der Waals surface area contributed by atoms with E-state index in [1.54, 1.807) is 43.8 Å². The van der Waals surface area contributed by atoms with Gasteiger partial charge in [0.2, 0.25) is 10.0 Å². The van der Waals surface area contributed by atoms with Gasteiger partial charge < -0.3 is 5.32 Å². The molecule has 186 valence electrons. The van der Waals surface area contributed by atoms with Crippen molar-refractivity contribution in [3.05, 3.63) is 82.0 Å². The minimum atomic E-state index is -3.74. The van der Waals surface area contributed by atoms with Crippen molar-refractivity contribution in [3.8, 4) is 11.3 Å². The van der Waals surface area contributed by atoms with Gasteiger partial charge in [-0.05, 0) is 76.1 Å². The summed E-state index contributed by atoms with van der Waals surface area (Å²) < 4.78 is 43.3. The number of rotatable bonds is 7. The minimum Gasteiger partial charge on any atom is -0.355 e. The first-order valence-electron chi connectivity index (χ1n) is 11.3. The van der Waals surface area contributed by atoms with E-state index < -0.39 is 15.8 Å². The van der Waals surface area contributed by atoms with Crippen LogP contribution in [0.15, 0.2) is 59.5 Å². The third-order valence-electron chi connectivity index (χ3n) is 6.17. The van der Waals surface area contributed by atoms with Crippen molar-refractivity contribution in [1.82, 2.24) is 19.9 Å². The van der Waals surface area contributed by atoms with Gasteiger partial charge in [-0.1, -0.05) is 6.07 Å². The molecule has 3 aromatic heterocycles. The molecular formula is C25H23BrFN5O3S. The van der Waals surface area contributed by atoms with Gasteiger partial charge in [0, 0.05) is 25.0 Å². The second kappa shape index (κ2) is 9.29. The first kappa shape index (κ1) is 24.4. The number of benzene rings is 1. The van der Waals surface area contributed by atoms with E-state index >= 15 is 0 Å². The first-order valence-corrected chi connectivity index (χ1v) is 13.9. The molecule has 0 unspecified atom stereocenters. The highest BCUT2D eigenvalue weighted by atomic mass is 79.9. The number of pyridine rings is 2. The number of nitrogens with zero attached hydrogens (tertiary/aromatic N) is 4. The Bertz CT molecular complexity index is 1590. The number of anilines is 1. The predicted octanol–water partition coefficient (Wildman–Crippen LogP) is 4.50. The van der Waals surface area contributed by atoms with Crippen molar-refractivity contribution in [2.45, 2.75) is 25.3 Å². The van der Waals surface area contributed by atoms with Crippen molar-refractivity contribution in [2.75, 3.05) is 17.6 Å². The Hall–Kier alpha value is -3.31. The Labute approximate surface area is 216 Å². The third kappa shape index (κ3) is 4.60. The van der Waals surface area contributed by atoms with Crippen LogP contribution in [-0.2, 0) is 16.6 Å². The average Bonchev–Trinajstić information content (AvgIpc) is 3.63. The molecule has 36 heavy (non-hydrogen) atoms. The highest BCUT2D eigenvalue weighted by Crippen LogP contribution is 2.46. The number of nitrogens with one attached hydrogen (secondary N) is 1. The fourth-order valence-electron chi connectivity index (χ4n) is 4.26. The summed E-state index contributed by atoms with van der Waals surface area (Å²) in [6.45, 7) is -0.0483. The monoisotopic (exact) mass is 571 g/mol. The van der Waals surface area contributed by atoms with Crippen LogP contribution in [0.5, 0.6) is 0 Å². The van der Waals surface area contributed by atoms with Crippen molar-refractivity contribution < 1.29 is 17.6 Å². The van der Waals surface area contributed by atoms with E-state index in [-0.39, 0.29) is 18.4 Å². The number of carbonyl (C=O) groups excluding carboxylic acids is 1. The van der Waals surface area contributed by atoms with Crippen molar-refractivity contribution in [1.29, 1.82) is 0 Å². The molecule has 1 aromatic carbocycles. The van der Waals surface area contributed by atoms with Crippen molar-refractivity contribution in [2.24, 2.45) is 0 Å². The number of fused-ring (bicyclic) bond motifs is 1. The van der Waals surface area contributed by atoms with E-state index in [1.807, 2.05) is 12.1 Å². The van der Waals surface area contributed by atoms with E-state index in [0.29, 0.717) is 38.1 Å². The van der Waals surface area contributed by atoms with Crippen LogP contribution in [0.25, 0.3) is 16.8 Å². The molecule has 5 rings (SSSR count). The van der Waals surface area contributed by atoms with Crippen LogP contribution >= 0.6 is 15.9 Å². The normalized spacial score (nSPS) is 13.7. The molecule has 1 amide bonds.